The zero-order valence-corrected chi connectivity index (χ0v) is 14.9. The minimum absolute atomic E-state index is 0.212. The molecule has 1 N–H and O–H groups in total. The molecule has 6 heteroatoms. The number of rotatable bonds is 5. The molecule has 2 rings (SSSR count). The number of carbonyl (C=O) groups is 2. The molecule has 0 radical (unpaired) electrons. The highest BCUT2D eigenvalue weighted by molar-refractivity contribution is 5.78. The van der Waals surface area contributed by atoms with Crippen molar-refractivity contribution in [2.24, 2.45) is 11.8 Å². The van der Waals surface area contributed by atoms with Crippen LogP contribution in [0, 0.1) is 11.8 Å². The standard InChI is InChI=1S/C17H32N4O2/c1-14-10-15(2)12-21(11-14)17(23)13-19-6-8-20(9-7-19)16(22)4-5-18-3/h14-15,18H,4-13H2,1-3H3. The number of likely N-dealkylation sites (tertiary alicyclic amines) is 1. The minimum Gasteiger partial charge on any atom is -0.341 e. The van der Waals surface area contributed by atoms with Crippen molar-refractivity contribution in [1.29, 1.82) is 0 Å². The highest BCUT2D eigenvalue weighted by atomic mass is 16.2. The molecule has 0 aromatic heterocycles. The van der Waals surface area contributed by atoms with Gasteiger partial charge in [-0.05, 0) is 25.3 Å². The fourth-order valence-corrected chi connectivity index (χ4v) is 3.70. The second kappa shape index (κ2) is 8.64. The summed E-state index contributed by atoms with van der Waals surface area (Å²) in [6.07, 6.45) is 1.77. The molecule has 0 bridgehead atoms. The van der Waals surface area contributed by atoms with Crippen molar-refractivity contribution < 1.29 is 9.59 Å². The predicted octanol–water partition coefficient (Wildman–Crippen LogP) is 0.245. The molecule has 0 aromatic rings. The van der Waals surface area contributed by atoms with Crippen molar-refractivity contribution in [1.82, 2.24) is 20.0 Å². The highest BCUT2D eigenvalue weighted by Gasteiger charge is 2.28. The molecule has 2 heterocycles. The van der Waals surface area contributed by atoms with Crippen LogP contribution >= 0.6 is 0 Å². The Morgan fingerprint density at radius 1 is 0.957 bits per heavy atom. The molecule has 2 amide bonds. The third kappa shape index (κ3) is 5.46. The number of carbonyl (C=O) groups excluding carboxylic acids is 2. The maximum Gasteiger partial charge on any atom is 0.236 e. The predicted molar refractivity (Wildman–Crippen MR) is 91.1 cm³/mol. The molecule has 2 aliphatic rings. The first kappa shape index (κ1) is 18.2. The van der Waals surface area contributed by atoms with Gasteiger partial charge in [0, 0.05) is 52.2 Å². The highest BCUT2D eigenvalue weighted by Crippen LogP contribution is 2.21. The molecule has 2 unspecified atom stereocenters. The lowest BCUT2D eigenvalue weighted by molar-refractivity contribution is -0.136. The van der Waals surface area contributed by atoms with Crippen LogP contribution in [0.5, 0.6) is 0 Å². The van der Waals surface area contributed by atoms with Crippen molar-refractivity contribution in [3.05, 3.63) is 0 Å². The van der Waals surface area contributed by atoms with E-state index in [4.69, 9.17) is 0 Å². The van der Waals surface area contributed by atoms with E-state index in [1.165, 1.54) is 6.42 Å². The molecule has 0 saturated carbocycles. The van der Waals surface area contributed by atoms with Crippen molar-refractivity contribution in [2.45, 2.75) is 26.7 Å². The summed E-state index contributed by atoms with van der Waals surface area (Å²) in [5, 5.41) is 3.01. The van der Waals surface area contributed by atoms with Crippen LogP contribution in [0.25, 0.3) is 0 Å². The molecule has 23 heavy (non-hydrogen) atoms. The van der Waals surface area contributed by atoms with E-state index in [9.17, 15) is 9.59 Å². The van der Waals surface area contributed by atoms with Gasteiger partial charge in [-0.1, -0.05) is 13.8 Å². The number of nitrogens with one attached hydrogen (secondary N) is 1. The number of amides is 2. The molecule has 2 aliphatic heterocycles. The molecule has 2 atom stereocenters. The molecule has 6 nitrogen and oxygen atoms in total. The van der Waals surface area contributed by atoms with E-state index in [0.29, 0.717) is 24.8 Å². The Labute approximate surface area is 140 Å². The maximum absolute atomic E-state index is 12.5. The van der Waals surface area contributed by atoms with Crippen LogP contribution in [0.1, 0.15) is 26.7 Å². The van der Waals surface area contributed by atoms with Gasteiger partial charge in [-0.2, -0.15) is 0 Å². The van der Waals surface area contributed by atoms with Crippen LogP contribution in [-0.2, 0) is 9.59 Å². The Morgan fingerprint density at radius 2 is 1.57 bits per heavy atom. The van der Waals surface area contributed by atoms with Crippen LogP contribution in [0.4, 0.5) is 0 Å². The first-order chi connectivity index (χ1) is 11.0. The van der Waals surface area contributed by atoms with Gasteiger partial charge in [-0.25, -0.2) is 0 Å². The first-order valence-electron chi connectivity index (χ1n) is 8.92. The quantitative estimate of drug-likeness (QED) is 0.787. The van der Waals surface area contributed by atoms with E-state index in [1.54, 1.807) is 0 Å². The van der Waals surface area contributed by atoms with E-state index >= 15 is 0 Å². The van der Waals surface area contributed by atoms with Crippen LogP contribution < -0.4 is 5.32 Å². The fourth-order valence-electron chi connectivity index (χ4n) is 3.70. The van der Waals surface area contributed by atoms with Crippen LogP contribution in [0.3, 0.4) is 0 Å². The van der Waals surface area contributed by atoms with Gasteiger partial charge in [0.1, 0.15) is 0 Å². The lowest BCUT2D eigenvalue weighted by Gasteiger charge is -2.38. The Bertz CT molecular complexity index is 397. The second-order valence-electron chi connectivity index (χ2n) is 7.26. The van der Waals surface area contributed by atoms with Gasteiger partial charge >= 0.3 is 0 Å². The van der Waals surface area contributed by atoms with Crippen molar-refractivity contribution in [3.63, 3.8) is 0 Å². The zero-order valence-electron chi connectivity index (χ0n) is 14.9. The summed E-state index contributed by atoms with van der Waals surface area (Å²) in [7, 11) is 1.86. The number of hydrogen-bond donors (Lipinski definition) is 1. The molecule has 0 aliphatic carbocycles. The molecule has 2 fully saturated rings. The molecule has 0 spiro atoms. The van der Waals surface area contributed by atoms with Crippen LogP contribution in [0.15, 0.2) is 0 Å². The number of nitrogens with zero attached hydrogens (tertiary/aromatic N) is 3. The largest absolute Gasteiger partial charge is 0.341 e. The Hall–Kier alpha value is -1.14. The van der Waals surface area contributed by atoms with Gasteiger partial charge in [-0.3, -0.25) is 14.5 Å². The van der Waals surface area contributed by atoms with Crippen LogP contribution in [0.2, 0.25) is 0 Å². The number of piperazine rings is 1. The molecule has 2 saturated heterocycles. The summed E-state index contributed by atoms with van der Waals surface area (Å²) in [5.41, 5.74) is 0. The maximum atomic E-state index is 12.5. The van der Waals surface area contributed by atoms with Crippen molar-refractivity contribution >= 4 is 11.8 Å². The average Bonchev–Trinajstić information content (AvgIpc) is 2.52. The summed E-state index contributed by atoms with van der Waals surface area (Å²) in [4.78, 5) is 30.6. The van der Waals surface area contributed by atoms with Crippen molar-refractivity contribution in [3.8, 4) is 0 Å². The third-order valence-corrected chi connectivity index (χ3v) is 4.89. The molecule has 0 aromatic carbocycles. The van der Waals surface area contributed by atoms with E-state index < -0.39 is 0 Å². The van der Waals surface area contributed by atoms with Gasteiger partial charge in [0.05, 0.1) is 6.54 Å². The lowest BCUT2D eigenvalue weighted by Crippen LogP contribution is -2.53. The van der Waals surface area contributed by atoms with Gasteiger partial charge < -0.3 is 15.1 Å². The minimum atomic E-state index is 0.212. The first-order valence-corrected chi connectivity index (χ1v) is 8.92. The summed E-state index contributed by atoms with van der Waals surface area (Å²) < 4.78 is 0. The van der Waals surface area contributed by atoms with E-state index in [-0.39, 0.29) is 11.8 Å². The smallest absolute Gasteiger partial charge is 0.236 e. The normalized spacial score (nSPS) is 26.4. The van der Waals surface area contributed by atoms with Crippen LogP contribution in [-0.4, -0.2) is 85.9 Å². The lowest BCUT2D eigenvalue weighted by atomic mass is 9.92. The summed E-state index contributed by atoms with van der Waals surface area (Å²) >= 11 is 0. The Morgan fingerprint density at radius 3 is 2.13 bits per heavy atom. The fraction of sp³-hybridized carbons (Fsp3) is 0.882. The zero-order chi connectivity index (χ0) is 16.8. The van der Waals surface area contributed by atoms with Gasteiger partial charge in [-0.15, -0.1) is 0 Å². The Kier molecular flexibility index (Phi) is 6.84. The van der Waals surface area contributed by atoms with Crippen molar-refractivity contribution in [2.75, 3.05) is 59.4 Å². The second-order valence-corrected chi connectivity index (χ2v) is 7.26. The van der Waals surface area contributed by atoms with Gasteiger partial charge in [0.15, 0.2) is 0 Å². The number of piperidine rings is 1. The van der Waals surface area contributed by atoms with E-state index in [2.05, 4.69) is 24.1 Å². The summed E-state index contributed by atoms with van der Waals surface area (Å²) in [5.74, 6) is 1.66. The summed E-state index contributed by atoms with van der Waals surface area (Å²) in [6, 6.07) is 0. The topological polar surface area (TPSA) is 55.9 Å². The number of hydrogen-bond acceptors (Lipinski definition) is 4. The van der Waals surface area contributed by atoms with E-state index in [0.717, 1.165) is 45.8 Å². The molecule has 132 valence electrons. The Balaban J connectivity index is 1.73. The third-order valence-electron chi connectivity index (χ3n) is 4.89. The SMILES string of the molecule is CNCCC(=O)N1CCN(CC(=O)N2CC(C)CC(C)C2)CC1. The van der Waals surface area contributed by atoms with E-state index in [1.807, 2.05) is 16.8 Å². The monoisotopic (exact) mass is 324 g/mol. The summed E-state index contributed by atoms with van der Waals surface area (Å²) in [6.45, 7) is 10.5. The average molecular weight is 324 g/mol. The van der Waals surface area contributed by atoms with Gasteiger partial charge in [0.2, 0.25) is 11.8 Å². The molecular formula is C17H32N4O2. The molecular weight excluding hydrogens is 292 g/mol. The van der Waals surface area contributed by atoms with Gasteiger partial charge in [0.25, 0.3) is 0 Å².